The third-order valence-corrected chi connectivity index (χ3v) is 4.34. The van der Waals surface area contributed by atoms with Crippen LogP contribution in [0.25, 0.3) is 11.3 Å². The van der Waals surface area contributed by atoms with Crippen LogP contribution in [0.5, 0.6) is 0 Å². The van der Waals surface area contributed by atoms with Gasteiger partial charge in [-0.2, -0.15) is 0 Å². The number of ether oxygens (including phenoxy) is 1. The standard InChI is InChI=1S/C17H17ClN2O5/c18-12-5-3-10(4-6-12)14-8-13(20-25-14)16(21)19-15(17(22)23)11-2-1-7-24-9-11/h3-6,8,11,15H,1-2,7,9H2,(H,19,21)(H,22,23). The SMILES string of the molecule is O=C(NC(C(=O)O)C1CCCOC1)c1cc(-c2ccc(Cl)cc2)on1. The zero-order chi connectivity index (χ0) is 17.8. The molecular weight excluding hydrogens is 348 g/mol. The van der Waals surface area contributed by atoms with Gasteiger partial charge in [-0.1, -0.05) is 16.8 Å². The van der Waals surface area contributed by atoms with E-state index in [1.165, 1.54) is 6.07 Å². The molecular formula is C17H17ClN2O5. The molecule has 1 saturated heterocycles. The number of aromatic nitrogens is 1. The molecule has 1 aromatic heterocycles. The molecule has 0 saturated carbocycles. The van der Waals surface area contributed by atoms with Gasteiger partial charge in [-0.05, 0) is 37.1 Å². The van der Waals surface area contributed by atoms with Crippen LogP contribution in [0, 0.1) is 5.92 Å². The Morgan fingerprint density at radius 2 is 2.08 bits per heavy atom. The normalized spacial score (nSPS) is 18.5. The van der Waals surface area contributed by atoms with Crippen LogP contribution in [0.1, 0.15) is 23.3 Å². The summed E-state index contributed by atoms with van der Waals surface area (Å²) in [5.74, 6) is -1.56. The van der Waals surface area contributed by atoms with Crippen molar-refractivity contribution in [2.75, 3.05) is 13.2 Å². The van der Waals surface area contributed by atoms with Gasteiger partial charge >= 0.3 is 5.97 Å². The highest BCUT2D eigenvalue weighted by Crippen LogP contribution is 2.23. The summed E-state index contributed by atoms with van der Waals surface area (Å²) in [6.45, 7) is 0.927. The van der Waals surface area contributed by atoms with Gasteiger partial charge in [0.1, 0.15) is 6.04 Å². The van der Waals surface area contributed by atoms with Crippen LogP contribution in [0.15, 0.2) is 34.9 Å². The predicted molar refractivity (Wildman–Crippen MR) is 89.4 cm³/mol. The number of carboxylic acid groups (broad SMARTS) is 1. The largest absolute Gasteiger partial charge is 0.480 e. The summed E-state index contributed by atoms with van der Waals surface area (Å²) in [6.07, 6.45) is 1.46. The Bertz CT molecular complexity index is 753. The Labute approximate surface area is 148 Å². The number of nitrogens with one attached hydrogen (secondary N) is 1. The number of rotatable bonds is 5. The molecule has 2 N–H and O–H groups in total. The fourth-order valence-corrected chi connectivity index (χ4v) is 2.88. The Hall–Kier alpha value is -2.38. The van der Waals surface area contributed by atoms with Gasteiger partial charge in [0.15, 0.2) is 11.5 Å². The highest BCUT2D eigenvalue weighted by atomic mass is 35.5. The van der Waals surface area contributed by atoms with Crippen LogP contribution in [0.4, 0.5) is 0 Å². The fraction of sp³-hybridized carbons (Fsp3) is 0.353. The van der Waals surface area contributed by atoms with Crippen molar-refractivity contribution in [3.8, 4) is 11.3 Å². The maximum absolute atomic E-state index is 12.3. The number of benzene rings is 1. The number of aliphatic carboxylic acids is 1. The van der Waals surface area contributed by atoms with Crippen molar-refractivity contribution in [3.05, 3.63) is 41.0 Å². The molecule has 1 fully saturated rings. The van der Waals surface area contributed by atoms with Crippen molar-refractivity contribution in [3.63, 3.8) is 0 Å². The molecule has 25 heavy (non-hydrogen) atoms. The number of hydrogen-bond donors (Lipinski definition) is 2. The third kappa shape index (κ3) is 4.18. The molecule has 0 spiro atoms. The van der Waals surface area contributed by atoms with Crippen LogP contribution in [0.2, 0.25) is 5.02 Å². The molecule has 8 heteroatoms. The summed E-state index contributed by atoms with van der Waals surface area (Å²) < 4.78 is 10.5. The Balaban J connectivity index is 1.71. The second kappa shape index (κ2) is 7.67. The fourth-order valence-electron chi connectivity index (χ4n) is 2.76. The van der Waals surface area contributed by atoms with Gasteiger partial charge in [-0.25, -0.2) is 4.79 Å². The molecule has 2 heterocycles. The second-order valence-electron chi connectivity index (χ2n) is 5.85. The van der Waals surface area contributed by atoms with E-state index in [-0.39, 0.29) is 11.6 Å². The third-order valence-electron chi connectivity index (χ3n) is 4.09. The number of carbonyl (C=O) groups is 2. The number of hydrogen-bond acceptors (Lipinski definition) is 5. The van der Waals surface area contributed by atoms with E-state index in [9.17, 15) is 14.7 Å². The lowest BCUT2D eigenvalue weighted by atomic mass is 9.93. The highest BCUT2D eigenvalue weighted by Gasteiger charge is 2.32. The topological polar surface area (TPSA) is 102 Å². The van der Waals surface area contributed by atoms with Crippen LogP contribution in [0.3, 0.4) is 0 Å². The first-order chi connectivity index (χ1) is 12.0. The van der Waals surface area contributed by atoms with Crippen molar-refractivity contribution in [2.24, 2.45) is 5.92 Å². The molecule has 1 aliphatic rings. The van der Waals surface area contributed by atoms with Crippen molar-refractivity contribution in [1.29, 1.82) is 0 Å². The zero-order valence-corrected chi connectivity index (χ0v) is 14.0. The molecule has 1 amide bonds. The van der Waals surface area contributed by atoms with Gasteiger partial charge in [-0.15, -0.1) is 0 Å². The first-order valence-electron chi connectivity index (χ1n) is 7.88. The van der Waals surface area contributed by atoms with E-state index in [4.69, 9.17) is 20.9 Å². The summed E-state index contributed by atoms with van der Waals surface area (Å²) in [4.78, 5) is 23.8. The molecule has 1 aromatic carbocycles. The minimum absolute atomic E-state index is 0.0212. The molecule has 7 nitrogen and oxygen atoms in total. The number of nitrogens with zero attached hydrogens (tertiary/aromatic N) is 1. The number of carbonyl (C=O) groups excluding carboxylic acids is 1. The van der Waals surface area contributed by atoms with E-state index in [2.05, 4.69) is 10.5 Å². The Kier molecular flexibility index (Phi) is 5.35. The number of halogens is 1. The smallest absolute Gasteiger partial charge is 0.326 e. The lowest BCUT2D eigenvalue weighted by Gasteiger charge is -2.27. The molecule has 3 rings (SSSR count). The quantitative estimate of drug-likeness (QED) is 0.845. The van der Waals surface area contributed by atoms with Gasteiger partial charge in [-0.3, -0.25) is 4.79 Å². The average Bonchev–Trinajstić information content (AvgIpc) is 3.11. The van der Waals surface area contributed by atoms with Gasteiger partial charge in [0.05, 0.1) is 6.61 Å². The molecule has 0 radical (unpaired) electrons. The maximum Gasteiger partial charge on any atom is 0.326 e. The van der Waals surface area contributed by atoms with Crippen molar-refractivity contribution >= 4 is 23.5 Å². The second-order valence-corrected chi connectivity index (χ2v) is 6.29. The number of amides is 1. The van der Waals surface area contributed by atoms with E-state index >= 15 is 0 Å². The monoisotopic (exact) mass is 364 g/mol. The van der Waals surface area contributed by atoms with Crippen LogP contribution in [-0.4, -0.2) is 41.4 Å². The van der Waals surface area contributed by atoms with Gasteiger partial charge in [0, 0.05) is 29.2 Å². The van der Waals surface area contributed by atoms with Crippen molar-refractivity contribution in [1.82, 2.24) is 10.5 Å². The lowest BCUT2D eigenvalue weighted by molar-refractivity contribution is -0.142. The first-order valence-corrected chi connectivity index (χ1v) is 8.26. The van der Waals surface area contributed by atoms with Crippen LogP contribution < -0.4 is 5.32 Å². The minimum atomic E-state index is -1.09. The molecule has 2 unspecified atom stereocenters. The van der Waals surface area contributed by atoms with Gasteiger partial charge < -0.3 is 19.7 Å². The van der Waals surface area contributed by atoms with Crippen molar-refractivity contribution in [2.45, 2.75) is 18.9 Å². The molecule has 1 aliphatic heterocycles. The minimum Gasteiger partial charge on any atom is -0.480 e. The molecule has 2 atom stereocenters. The van der Waals surface area contributed by atoms with E-state index in [0.29, 0.717) is 36.0 Å². The number of carboxylic acids is 1. The Morgan fingerprint density at radius 3 is 2.72 bits per heavy atom. The Morgan fingerprint density at radius 1 is 1.32 bits per heavy atom. The first kappa shape index (κ1) is 17.4. The maximum atomic E-state index is 12.3. The summed E-state index contributed by atoms with van der Waals surface area (Å²) in [5.41, 5.74) is 0.736. The molecule has 0 aliphatic carbocycles. The summed E-state index contributed by atoms with van der Waals surface area (Å²) >= 11 is 5.84. The van der Waals surface area contributed by atoms with E-state index in [1.807, 2.05) is 0 Å². The van der Waals surface area contributed by atoms with Gasteiger partial charge in [0.2, 0.25) is 0 Å². The van der Waals surface area contributed by atoms with E-state index in [1.54, 1.807) is 24.3 Å². The summed E-state index contributed by atoms with van der Waals surface area (Å²) in [5, 5.41) is 16.2. The molecule has 0 bridgehead atoms. The van der Waals surface area contributed by atoms with E-state index < -0.39 is 17.9 Å². The predicted octanol–water partition coefficient (Wildman–Crippen LogP) is 2.60. The van der Waals surface area contributed by atoms with Gasteiger partial charge in [0.25, 0.3) is 5.91 Å². The summed E-state index contributed by atoms with van der Waals surface area (Å²) in [7, 11) is 0. The highest BCUT2D eigenvalue weighted by molar-refractivity contribution is 6.30. The molecule has 2 aromatic rings. The summed E-state index contributed by atoms with van der Waals surface area (Å²) in [6, 6.07) is 7.32. The van der Waals surface area contributed by atoms with Crippen molar-refractivity contribution < 1.29 is 24.0 Å². The zero-order valence-electron chi connectivity index (χ0n) is 13.3. The lowest BCUT2D eigenvalue weighted by Crippen LogP contribution is -2.48. The van der Waals surface area contributed by atoms with Crippen LogP contribution in [-0.2, 0) is 9.53 Å². The average molecular weight is 365 g/mol. The molecule has 132 valence electrons. The van der Waals surface area contributed by atoms with Crippen LogP contribution >= 0.6 is 11.6 Å². The van der Waals surface area contributed by atoms with E-state index in [0.717, 1.165) is 6.42 Å².